The molecule has 1 heterocycles. The van der Waals surface area contributed by atoms with Gasteiger partial charge in [-0.3, -0.25) is 9.59 Å². The van der Waals surface area contributed by atoms with Gasteiger partial charge in [0.05, 0.1) is 0 Å². The molecule has 0 radical (unpaired) electrons. The van der Waals surface area contributed by atoms with Crippen molar-refractivity contribution in [1.82, 2.24) is 4.98 Å². The first kappa shape index (κ1) is 11.4. The lowest BCUT2D eigenvalue weighted by Gasteiger charge is -2.05. The molecule has 4 heteroatoms. The number of hydrogen-bond acceptors (Lipinski definition) is 2. The molecule has 17 heavy (non-hydrogen) atoms. The van der Waals surface area contributed by atoms with E-state index in [1.807, 2.05) is 6.92 Å². The van der Waals surface area contributed by atoms with Crippen LogP contribution >= 0.6 is 0 Å². The molecule has 1 amide bonds. The quantitative estimate of drug-likeness (QED) is 0.829. The zero-order valence-electron chi connectivity index (χ0n) is 9.83. The predicted molar refractivity (Wildman–Crippen MR) is 68.3 cm³/mol. The van der Waals surface area contributed by atoms with Crippen LogP contribution in [0, 0.1) is 0 Å². The fourth-order valence-corrected chi connectivity index (χ4v) is 1.77. The largest absolute Gasteiger partial charge is 0.358 e. The maximum Gasteiger partial charge on any atom is 0.221 e. The number of fused-ring (bicyclic) bond motifs is 1. The van der Waals surface area contributed by atoms with Crippen molar-refractivity contribution in [2.45, 2.75) is 20.3 Å². The summed E-state index contributed by atoms with van der Waals surface area (Å²) in [5.74, 6) is -0.147. The molecule has 1 aromatic carbocycles. The zero-order valence-corrected chi connectivity index (χ0v) is 9.83. The Kier molecular flexibility index (Phi) is 2.95. The Morgan fingerprint density at radius 3 is 2.76 bits per heavy atom. The number of carbonyl (C=O) groups excluding carboxylic acids is 1. The van der Waals surface area contributed by atoms with Gasteiger partial charge < -0.3 is 10.3 Å². The van der Waals surface area contributed by atoms with E-state index in [9.17, 15) is 9.59 Å². The van der Waals surface area contributed by atoms with Gasteiger partial charge in [-0.15, -0.1) is 0 Å². The van der Waals surface area contributed by atoms with Crippen molar-refractivity contribution >= 4 is 22.5 Å². The highest BCUT2D eigenvalue weighted by molar-refractivity contribution is 5.92. The summed E-state index contributed by atoms with van der Waals surface area (Å²) in [7, 11) is 0. The molecule has 4 nitrogen and oxygen atoms in total. The maximum absolute atomic E-state index is 11.9. The molecule has 2 rings (SSSR count). The van der Waals surface area contributed by atoms with E-state index < -0.39 is 0 Å². The highest BCUT2D eigenvalue weighted by Crippen LogP contribution is 2.15. The smallest absolute Gasteiger partial charge is 0.221 e. The Hall–Kier alpha value is -2.10. The van der Waals surface area contributed by atoms with Gasteiger partial charge in [0, 0.05) is 35.3 Å². The number of benzene rings is 1. The molecule has 0 saturated carbocycles. The molecule has 0 unspecified atom stereocenters. The molecule has 2 N–H and O–H groups in total. The first-order valence-corrected chi connectivity index (χ1v) is 5.53. The molecule has 2 aromatic rings. The summed E-state index contributed by atoms with van der Waals surface area (Å²) in [5, 5.41) is 3.25. The van der Waals surface area contributed by atoms with Crippen LogP contribution in [0.1, 0.15) is 19.5 Å². The van der Waals surface area contributed by atoms with Crippen LogP contribution in [-0.4, -0.2) is 10.9 Å². The number of anilines is 1. The molecule has 0 atom stereocenters. The Bertz CT molecular complexity index is 629. The lowest BCUT2D eigenvalue weighted by Crippen LogP contribution is -2.08. The third-order valence-electron chi connectivity index (χ3n) is 2.59. The lowest BCUT2D eigenvalue weighted by molar-refractivity contribution is -0.114. The molecule has 0 spiro atoms. The van der Waals surface area contributed by atoms with Gasteiger partial charge >= 0.3 is 0 Å². The summed E-state index contributed by atoms with van der Waals surface area (Å²) in [6.07, 6.45) is 0.790. The molecule has 0 aliphatic carbocycles. The average molecular weight is 230 g/mol. The van der Waals surface area contributed by atoms with Gasteiger partial charge in [-0.2, -0.15) is 0 Å². The van der Waals surface area contributed by atoms with Crippen LogP contribution < -0.4 is 10.7 Å². The number of aryl methyl sites for hydroxylation is 1. The van der Waals surface area contributed by atoms with E-state index >= 15 is 0 Å². The number of amides is 1. The predicted octanol–water partition coefficient (Wildman–Crippen LogP) is 2.05. The summed E-state index contributed by atoms with van der Waals surface area (Å²) in [4.78, 5) is 26.0. The number of pyridine rings is 1. The first-order valence-electron chi connectivity index (χ1n) is 5.53. The number of nitrogens with one attached hydrogen (secondary N) is 2. The molecular formula is C13H14N2O2. The van der Waals surface area contributed by atoms with Gasteiger partial charge in [-0.1, -0.05) is 6.92 Å². The minimum Gasteiger partial charge on any atom is -0.358 e. The topological polar surface area (TPSA) is 62.0 Å². The SMILES string of the molecule is CCc1cc(=O)c2cc(NC(C)=O)ccc2[nH]1. The van der Waals surface area contributed by atoms with Crippen LogP contribution in [0.4, 0.5) is 5.69 Å². The van der Waals surface area contributed by atoms with E-state index in [1.165, 1.54) is 6.92 Å². The second-order valence-corrected chi connectivity index (χ2v) is 3.95. The number of aromatic amines is 1. The Morgan fingerprint density at radius 2 is 2.12 bits per heavy atom. The highest BCUT2D eigenvalue weighted by atomic mass is 16.1. The van der Waals surface area contributed by atoms with Gasteiger partial charge in [-0.25, -0.2) is 0 Å². The third kappa shape index (κ3) is 2.36. The summed E-state index contributed by atoms with van der Waals surface area (Å²) in [5.41, 5.74) is 2.32. The van der Waals surface area contributed by atoms with Crippen LogP contribution in [-0.2, 0) is 11.2 Å². The zero-order chi connectivity index (χ0) is 12.4. The Labute approximate surface area is 98.7 Å². The minimum absolute atomic E-state index is 0.0252. The van der Waals surface area contributed by atoms with Gasteiger partial charge in [0.25, 0.3) is 0 Å². The van der Waals surface area contributed by atoms with Crippen molar-refractivity contribution in [2.75, 3.05) is 5.32 Å². The number of rotatable bonds is 2. The van der Waals surface area contributed by atoms with Crippen molar-refractivity contribution < 1.29 is 4.79 Å². The van der Waals surface area contributed by atoms with Crippen molar-refractivity contribution in [2.24, 2.45) is 0 Å². The molecule has 1 aromatic heterocycles. The van der Waals surface area contributed by atoms with E-state index in [4.69, 9.17) is 0 Å². The standard InChI is InChI=1S/C13H14N2O2/c1-3-9-7-13(17)11-6-10(14-8(2)16)4-5-12(11)15-9/h4-7H,3H2,1-2H3,(H,14,16)(H,15,17). The fourth-order valence-electron chi connectivity index (χ4n) is 1.77. The number of H-pyrrole nitrogens is 1. The molecule has 0 aliphatic heterocycles. The summed E-state index contributed by atoms with van der Waals surface area (Å²) < 4.78 is 0. The van der Waals surface area contributed by atoms with E-state index in [2.05, 4.69) is 10.3 Å². The lowest BCUT2D eigenvalue weighted by atomic mass is 10.1. The number of hydrogen-bond donors (Lipinski definition) is 2. The molecule has 0 fully saturated rings. The maximum atomic E-state index is 11.9. The van der Waals surface area contributed by atoms with Gasteiger partial charge in [0.15, 0.2) is 5.43 Å². The molecule has 0 saturated heterocycles. The number of aromatic nitrogens is 1. The van der Waals surface area contributed by atoms with Crippen LogP contribution in [0.5, 0.6) is 0 Å². The third-order valence-corrected chi connectivity index (χ3v) is 2.59. The van der Waals surface area contributed by atoms with Crippen molar-refractivity contribution in [3.8, 4) is 0 Å². The van der Waals surface area contributed by atoms with Gasteiger partial charge in [0.1, 0.15) is 0 Å². The van der Waals surface area contributed by atoms with Crippen molar-refractivity contribution in [1.29, 1.82) is 0 Å². The second-order valence-electron chi connectivity index (χ2n) is 3.95. The van der Waals surface area contributed by atoms with Crippen molar-refractivity contribution in [3.63, 3.8) is 0 Å². The summed E-state index contributed by atoms with van der Waals surface area (Å²) in [6, 6.07) is 6.87. The molecular weight excluding hydrogens is 216 g/mol. The number of carbonyl (C=O) groups is 1. The van der Waals surface area contributed by atoms with Crippen LogP contribution in [0.2, 0.25) is 0 Å². The van der Waals surface area contributed by atoms with Crippen molar-refractivity contribution in [3.05, 3.63) is 40.2 Å². The minimum atomic E-state index is -0.147. The van der Waals surface area contributed by atoms with Crippen LogP contribution in [0.3, 0.4) is 0 Å². The second kappa shape index (κ2) is 4.41. The van der Waals surface area contributed by atoms with E-state index in [1.54, 1.807) is 24.3 Å². The van der Waals surface area contributed by atoms with Gasteiger partial charge in [0.2, 0.25) is 5.91 Å². The highest BCUT2D eigenvalue weighted by Gasteiger charge is 2.03. The Morgan fingerprint density at radius 1 is 1.35 bits per heavy atom. The average Bonchev–Trinajstić information content (AvgIpc) is 2.29. The normalized spacial score (nSPS) is 10.5. The molecule has 0 aliphatic rings. The van der Waals surface area contributed by atoms with Gasteiger partial charge in [-0.05, 0) is 24.6 Å². The van der Waals surface area contributed by atoms with E-state index in [-0.39, 0.29) is 11.3 Å². The monoisotopic (exact) mass is 230 g/mol. The Balaban J connectivity index is 2.58. The molecule has 0 bridgehead atoms. The van der Waals surface area contributed by atoms with E-state index in [0.717, 1.165) is 17.6 Å². The summed E-state index contributed by atoms with van der Waals surface area (Å²) in [6.45, 7) is 3.43. The van der Waals surface area contributed by atoms with Crippen LogP contribution in [0.15, 0.2) is 29.1 Å². The first-order chi connectivity index (χ1) is 8.10. The molecule has 88 valence electrons. The summed E-state index contributed by atoms with van der Waals surface area (Å²) >= 11 is 0. The fraction of sp³-hybridized carbons (Fsp3) is 0.231. The van der Waals surface area contributed by atoms with E-state index in [0.29, 0.717) is 11.1 Å². The van der Waals surface area contributed by atoms with Crippen LogP contribution in [0.25, 0.3) is 10.9 Å².